The molecule has 1 amide bonds. The van der Waals surface area contributed by atoms with Crippen LogP contribution in [0, 0.1) is 13.8 Å². The number of hydrogen-bond donors (Lipinski definition) is 1. The molecule has 0 bridgehead atoms. The third-order valence-corrected chi connectivity index (χ3v) is 5.62. The lowest BCUT2D eigenvalue weighted by atomic mass is 10.1. The number of hydrogen-bond acceptors (Lipinski definition) is 6. The van der Waals surface area contributed by atoms with Gasteiger partial charge in [0, 0.05) is 11.8 Å². The summed E-state index contributed by atoms with van der Waals surface area (Å²) in [6.45, 7) is 3.70. The topological polar surface area (TPSA) is 87.0 Å². The van der Waals surface area contributed by atoms with Crippen LogP contribution in [0.25, 0.3) is 11.0 Å². The number of benzene rings is 4. The Balaban J connectivity index is 1.19. The van der Waals surface area contributed by atoms with E-state index in [0.29, 0.717) is 33.9 Å². The number of ether oxygens (including phenoxy) is 3. The van der Waals surface area contributed by atoms with E-state index in [0.717, 1.165) is 16.9 Å². The van der Waals surface area contributed by atoms with Crippen molar-refractivity contribution in [1.82, 2.24) is 0 Å². The first-order chi connectivity index (χ1) is 18.4. The highest BCUT2D eigenvalue weighted by molar-refractivity contribution is 5.92. The molecule has 0 aliphatic rings. The lowest BCUT2D eigenvalue weighted by Crippen LogP contribution is -2.20. The van der Waals surface area contributed by atoms with Gasteiger partial charge in [0.15, 0.2) is 6.61 Å². The first-order valence-corrected chi connectivity index (χ1v) is 12.0. The Morgan fingerprint density at radius 2 is 1.45 bits per heavy atom. The van der Waals surface area contributed by atoms with Gasteiger partial charge < -0.3 is 23.9 Å². The third-order valence-electron chi connectivity index (χ3n) is 5.62. The van der Waals surface area contributed by atoms with Gasteiger partial charge in [-0.05, 0) is 85.6 Å². The second kappa shape index (κ2) is 10.9. The summed E-state index contributed by atoms with van der Waals surface area (Å²) in [5.74, 6) is 2.11. The fourth-order valence-corrected chi connectivity index (χ4v) is 3.95. The van der Waals surface area contributed by atoms with Crippen molar-refractivity contribution in [1.29, 1.82) is 0 Å². The average molecular weight is 508 g/mol. The fraction of sp³-hybridized carbons (Fsp3) is 0.0968. The SMILES string of the molecule is Cc1cc(C)cc(Oc2coc3cc(OCC(=O)Nc4ccc(Oc5ccccc5)cc4)ccc3c2=O)c1. The minimum absolute atomic E-state index is 0.0933. The normalized spacial score (nSPS) is 10.7. The molecule has 0 spiro atoms. The summed E-state index contributed by atoms with van der Waals surface area (Å²) in [5, 5.41) is 3.13. The molecule has 1 heterocycles. The summed E-state index contributed by atoms with van der Waals surface area (Å²) in [6, 6.07) is 27.0. The van der Waals surface area contributed by atoms with Crippen molar-refractivity contribution in [3.63, 3.8) is 0 Å². The number of aryl methyl sites for hydroxylation is 2. The number of para-hydroxylation sites is 1. The van der Waals surface area contributed by atoms with Gasteiger partial charge in [-0.3, -0.25) is 9.59 Å². The van der Waals surface area contributed by atoms with Crippen molar-refractivity contribution >= 4 is 22.6 Å². The number of anilines is 1. The highest BCUT2D eigenvalue weighted by Crippen LogP contribution is 2.26. The molecule has 7 heteroatoms. The van der Waals surface area contributed by atoms with Gasteiger partial charge in [-0.25, -0.2) is 0 Å². The molecule has 38 heavy (non-hydrogen) atoms. The highest BCUT2D eigenvalue weighted by atomic mass is 16.5. The molecule has 0 aliphatic carbocycles. The van der Waals surface area contributed by atoms with Crippen molar-refractivity contribution in [3.8, 4) is 28.7 Å². The molecule has 4 aromatic carbocycles. The van der Waals surface area contributed by atoms with E-state index in [1.54, 1.807) is 42.5 Å². The molecule has 1 N–H and O–H groups in total. The van der Waals surface area contributed by atoms with E-state index < -0.39 is 0 Å². The standard InChI is InChI=1S/C31H25NO6/c1-20-14-21(2)16-26(15-20)38-29-18-36-28-17-25(12-13-27(28)31(29)34)35-19-30(33)32-22-8-10-24(11-9-22)37-23-6-4-3-5-7-23/h3-18H,19H2,1-2H3,(H,32,33). The Hall–Kier alpha value is -5.04. The van der Waals surface area contributed by atoms with Crippen LogP contribution in [0.3, 0.4) is 0 Å². The second-order valence-electron chi connectivity index (χ2n) is 8.79. The first kappa shape index (κ1) is 24.6. The molecular weight excluding hydrogens is 482 g/mol. The molecule has 0 fully saturated rings. The molecule has 0 radical (unpaired) electrons. The molecule has 5 aromatic rings. The van der Waals surface area contributed by atoms with Gasteiger partial charge in [-0.2, -0.15) is 0 Å². The van der Waals surface area contributed by atoms with Crippen LogP contribution in [0.2, 0.25) is 0 Å². The molecule has 190 valence electrons. The zero-order valence-electron chi connectivity index (χ0n) is 20.9. The first-order valence-electron chi connectivity index (χ1n) is 12.0. The molecule has 5 rings (SSSR count). The largest absolute Gasteiger partial charge is 0.484 e. The number of nitrogens with one attached hydrogen (secondary N) is 1. The van der Waals surface area contributed by atoms with E-state index in [1.165, 1.54) is 6.26 Å². The second-order valence-corrected chi connectivity index (χ2v) is 8.79. The Kier molecular flexibility index (Phi) is 7.08. The van der Waals surface area contributed by atoms with Crippen molar-refractivity contribution in [2.45, 2.75) is 13.8 Å². The quantitative estimate of drug-likeness (QED) is 0.243. The average Bonchev–Trinajstić information content (AvgIpc) is 2.90. The lowest BCUT2D eigenvalue weighted by molar-refractivity contribution is -0.118. The molecule has 0 saturated heterocycles. The van der Waals surface area contributed by atoms with E-state index in [2.05, 4.69) is 5.32 Å². The van der Waals surface area contributed by atoms with Crippen molar-refractivity contribution in [2.75, 3.05) is 11.9 Å². The van der Waals surface area contributed by atoms with Gasteiger partial charge >= 0.3 is 0 Å². The van der Waals surface area contributed by atoms with Gasteiger partial charge in [-0.15, -0.1) is 0 Å². The molecule has 7 nitrogen and oxygen atoms in total. The minimum Gasteiger partial charge on any atom is -0.484 e. The van der Waals surface area contributed by atoms with Crippen LogP contribution >= 0.6 is 0 Å². The van der Waals surface area contributed by atoms with Crippen molar-refractivity contribution in [2.24, 2.45) is 0 Å². The fourth-order valence-electron chi connectivity index (χ4n) is 3.95. The maximum absolute atomic E-state index is 12.9. The van der Waals surface area contributed by atoms with Gasteiger partial charge in [0.1, 0.15) is 34.8 Å². The summed E-state index contributed by atoms with van der Waals surface area (Å²) in [7, 11) is 0. The maximum atomic E-state index is 12.9. The van der Waals surface area contributed by atoms with Crippen LogP contribution < -0.4 is 25.0 Å². The number of carbonyl (C=O) groups excluding carboxylic acids is 1. The molecule has 0 atom stereocenters. The zero-order chi connectivity index (χ0) is 26.5. The Labute approximate surface area is 219 Å². The van der Waals surface area contributed by atoms with Gasteiger partial charge in [0.2, 0.25) is 11.2 Å². The van der Waals surface area contributed by atoms with E-state index >= 15 is 0 Å². The van der Waals surface area contributed by atoms with Gasteiger partial charge in [0.05, 0.1) is 5.39 Å². The molecular formula is C31H25NO6. The van der Waals surface area contributed by atoms with E-state index in [1.807, 2.05) is 62.4 Å². The van der Waals surface area contributed by atoms with Crippen LogP contribution in [0.15, 0.2) is 106 Å². The number of carbonyl (C=O) groups is 1. The Morgan fingerprint density at radius 3 is 2.18 bits per heavy atom. The van der Waals surface area contributed by atoms with E-state index in [9.17, 15) is 9.59 Å². The lowest BCUT2D eigenvalue weighted by Gasteiger charge is -2.10. The van der Waals surface area contributed by atoms with Gasteiger partial charge in [0.25, 0.3) is 5.91 Å². The smallest absolute Gasteiger partial charge is 0.262 e. The zero-order valence-corrected chi connectivity index (χ0v) is 20.9. The summed E-state index contributed by atoms with van der Waals surface area (Å²) >= 11 is 0. The summed E-state index contributed by atoms with van der Waals surface area (Å²) in [4.78, 5) is 25.3. The monoisotopic (exact) mass is 507 g/mol. The summed E-state index contributed by atoms with van der Waals surface area (Å²) in [6.07, 6.45) is 1.28. The predicted octanol–water partition coefficient (Wildman–Crippen LogP) is 7.01. The summed E-state index contributed by atoms with van der Waals surface area (Å²) < 4.78 is 22.8. The predicted molar refractivity (Wildman–Crippen MR) is 146 cm³/mol. The van der Waals surface area contributed by atoms with Crippen LogP contribution in [-0.2, 0) is 4.79 Å². The number of fused-ring (bicyclic) bond motifs is 1. The Bertz CT molecular complexity index is 1620. The van der Waals surface area contributed by atoms with Crippen LogP contribution in [-0.4, -0.2) is 12.5 Å². The minimum atomic E-state index is -0.333. The summed E-state index contributed by atoms with van der Waals surface area (Å²) in [5.41, 5.74) is 2.71. The van der Waals surface area contributed by atoms with Crippen molar-refractivity contribution < 1.29 is 23.4 Å². The molecule has 0 aliphatic heterocycles. The number of rotatable bonds is 8. The van der Waals surface area contributed by atoms with Crippen LogP contribution in [0.5, 0.6) is 28.7 Å². The van der Waals surface area contributed by atoms with Crippen molar-refractivity contribution in [3.05, 3.63) is 119 Å². The highest BCUT2D eigenvalue weighted by Gasteiger charge is 2.12. The third kappa shape index (κ3) is 6.02. The Morgan fingerprint density at radius 1 is 0.763 bits per heavy atom. The van der Waals surface area contributed by atoms with Crippen LogP contribution in [0.1, 0.15) is 11.1 Å². The molecule has 0 saturated carbocycles. The molecule has 1 aromatic heterocycles. The van der Waals surface area contributed by atoms with Crippen LogP contribution in [0.4, 0.5) is 5.69 Å². The van der Waals surface area contributed by atoms with E-state index in [-0.39, 0.29) is 23.7 Å². The molecule has 0 unspecified atom stereocenters. The maximum Gasteiger partial charge on any atom is 0.262 e. The van der Waals surface area contributed by atoms with Gasteiger partial charge in [-0.1, -0.05) is 24.3 Å². The number of amides is 1. The van der Waals surface area contributed by atoms with E-state index in [4.69, 9.17) is 18.6 Å².